The predicted molar refractivity (Wildman–Crippen MR) is 68.8 cm³/mol. The fraction of sp³-hybridized carbons (Fsp3) is 0.455. The van der Waals surface area contributed by atoms with Crippen molar-refractivity contribution >= 4 is 37.9 Å². The maximum Gasteiger partial charge on any atom is 0.184 e. The minimum atomic E-state index is 0.747. The maximum atomic E-state index is 5.47. The van der Waals surface area contributed by atoms with Crippen LogP contribution in [0.15, 0.2) is 25.2 Å². The van der Waals surface area contributed by atoms with Crippen LogP contribution in [0.3, 0.4) is 0 Å². The van der Waals surface area contributed by atoms with Gasteiger partial charge in [-0.2, -0.15) is 0 Å². The normalized spacial score (nSPS) is 17.1. The Bertz CT molecular complexity index is 360. The van der Waals surface area contributed by atoms with Crippen molar-refractivity contribution in [2.24, 2.45) is 0 Å². The van der Waals surface area contributed by atoms with Crippen molar-refractivity contribution < 1.29 is 4.42 Å². The Morgan fingerprint density at radius 1 is 1.60 bits per heavy atom. The number of hydrogen-bond donors (Lipinski definition) is 1. The topological polar surface area (TPSA) is 25.2 Å². The molecule has 4 heteroatoms. The Hall–Kier alpha value is -0.0600. The van der Waals surface area contributed by atoms with Crippen LogP contribution in [0.25, 0.3) is 6.08 Å². The molecule has 1 aliphatic carbocycles. The highest BCUT2D eigenvalue weighted by molar-refractivity contribution is 9.13. The summed E-state index contributed by atoms with van der Waals surface area (Å²) in [6.07, 6.45) is 4.71. The Kier molecular flexibility index (Phi) is 3.69. The Morgan fingerprint density at radius 2 is 2.33 bits per heavy atom. The van der Waals surface area contributed by atoms with Gasteiger partial charge in [0.15, 0.2) is 4.67 Å². The van der Waals surface area contributed by atoms with Gasteiger partial charge in [-0.1, -0.05) is 5.57 Å². The molecule has 0 amide bonds. The van der Waals surface area contributed by atoms with Gasteiger partial charge in [0.1, 0.15) is 5.76 Å². The van der Waals surface area contributed by atoms with E-state index in [0.717, 1.165) is 27.5 Å². The molecule has 1 aliphatic rings. The van der Waals surface area contributed by atoms with Crippen molar-refractivity contribution in [1.29, 1.82) is 0 Å². The van der Waals surface area contributed by atoms with Crippen LogP contribution in [0, 0.1) is 0 Å². The lowest BCUT2D eigenvalue weighted by molar-refractivity contribution is 0.529. The van der Waals surface area contributed by atoms with E-state index in [1.807, 2.05) is 6.07 Å². The molecular weight excluding hydrogens is 322 g/mol. The van der Waals surface area contributed by atoms with Gasteiger partial charge in [0, 0.05) is 12.6 Å². The first-order chi connectivity index (χ1) is 7.15. The van der Waals surface area contributed by atoms with Gasteiger partial charge in [0.25, 0.3) is 0 Å². The first-order valence-electron chi connectivity index (χ1n) is 5.00. The summed E-state index contributed by atoms with van der Waals surface area (Å²) in [5, 5.41) is 3.46. The molecule has 15 heavy (non-hydrogen) atoms. The second-order valence-corrected chi connectivity index (χ2v) is 5.49. The van der Waals surface area contributed by atoms with E-state index in [9.17, 15) is 0 Å². The monoisotopic (exact) mass is 333 g/mol. The molecular formula is C11H13Br2NO. The molecule has 82 valence electrons. The number of hydrogen-bond acceptors (Lipinski definition) is 2. The van der Waals surface area contributed by atoms with E-state index < -0.39 is 0 Å². The van der Waals surface area contributed by atoms with Gasteiger partial charge in [0.2, 0.25) is 0 Å². The van der Waals surface area contributed by atoms with Crippen molar-refractivity contribution in [1.82, 2.24) is 5.32 Å². The largest absolute Gasteiger partial charge is 0.449 e. The molecule has 0 aromatic carbocycles. The molecule has 2 nitrogen and oxygen atoms in total. The molecule has 2 rings (SSSR count). The van der Waals surface area contributed by atoms with E-state index in [2.05, 4.69) is 50.2 Å². The summed E-state index contributed by atoms with van der Waals surface area (Å²) < 4.78 is 7.18. The predicted octanol–water partition coefficient (Wildman–Crippen LogP) is 3.96. The van der Waals surface area contributed by atoms with Crippen molar-refractivity contribution in [3.8, 4) is 0 Å². The highest BCUT2D eigenvalue weighted by Crippen LogP contribution is 2.28. The Morgan fingerprint density at radius 3 is 2.87 bits per heavy atom. The zero-order chi connectivity index (χ0) is 10.8. The molecule has 0 radical (unpaired) electrons. The minimum absolute atomic E-state index is 0.747. The van der Waals surface area contributed by atoms with Crippen LogP contribution in [0.5, 0.6) is 0 Å². The summed E-state index contributed by atoms with van der Waals surface area (Å²) in [5.41, 5.74) is 1.29. The quantitative estimate of drug-likeness (QED) is 0.901. The number of furan rings is 1. The first kappa shape index (κ1) is 11.4. The SMILES string of the molecule is CC(=Cc1cc(Br)c(Br)o1)CNC1CC1. The summed E-state index contributed by atoms with van der Waals surface area (Å²) >= 11 is 6.71. The molecule has 1 N–H and O–H groups in total. The van der Waals surface area contributed by atoms with E-state index >= 15 is 0 Å². The van der Waals surface area contributed by atoms with E-state index in [-0.39, 0.29) is 0 Å². The Balaban J connectivity index is 1.94. The lowest BCUT2D eigenvalue weighted by Gasteiger charge is -2.01. The lowest BCUT2D eigenvalue weighted by atomic mass is 10.2. The molecule has 0 bridgehead atoms. The van der Waals surface area contributed by atoms with Gasteiger partial charge in [-0.15, -0.1) is 0 Å². The van der Waals surface area contributed by atoms with Crippen molar-refractivity contribution in [3.05, 3.63) is 26.5 Å². The summed E-state index contributed by atoms with van der Waals surface area (Å²) in [4.78, 5) is 0. The van der Waals surface area contributed by atoms with Gasteiger partial charge in [-0.05, 0) is 63.8 Å². The molecule has 1 fully saturated rings. The van der Waals surface area contributed by atoms with Gasteiger partial charge >= 0.3 is 0 Å². The summed E-state index contributed by atoms with van der Waals surface area (Å²) in [6.45, 7) is 3.06. The van der Waals surface area contributed by atoms with E-state index in [0.29, 0.717) is 0 Å². The molecule has 1 heterocycles. The summed E-state index contributed by atoms with van der Waals surface area (Å²) in [6, 6.07) is 2.72. The van der Waals surface area contributed by atoms with Crippen LogP contribution in [-0.4, -0.2) is 12.6 Å². The highest BCUT2D eigenvalue weighted by atomic mass is 79.9. The zero-order valence-corrected chi connectivity index (χ0v) is 11.7. The molecule has 0 spiro atoms. The summed E-state index contributed by atoms with van der Waals surface area (Å²) in [5.74, 6) is 0.879. The zero-order valence-electron chi connectivity index (χ0n) is 8.52. The van der Waals surface area contributed by atoms with Gasteiger partial charge in [0.05, 0.1) is 4.47 Å². The van der Waals surface area contributed by atoms with E-state index in [4.69, 9.17) is 4.42 Å². The third-order valence-corrected chi connectivity index (χ3v) is 4.01. The summed E-state index contributed by atoms with van der Waals surface area (Å²) in [7, 11) is 0. The minimum Gasteiger partial charge on any atom is -0.449 e. The number of rotatable bonds is 4. The standard InChI is InChI=1S/C11H13Br2NO/c1-7(6-14-8-2-3-8)4-9-5-10(12)11(13)15-9/h4-5,8,14H,2-3,6H2,1H3. The molecule has 1 saturated carbocycles. The van der Waals surface area contributed by atoms with Crippen LogP contribution >= 0.6 is 31.9 Å². The van der Waals surface area contributed by atoms with Crippen LogP contribution in [0.1, 0.15) is 25.5 Å². The van der Waals surface area contributed by atoms with Crippen molar-refractivity contribution in [3.63, 3.8) is 0 Å². The Labute approximate surface area is 106 Å². The number of nitrogens with one attached hydrogen (secondary N) is 1. The third kappa shape index (κ3) is 3.47. The van der Waals surface area contributed by atoms with Crippen molar-refractivity contribution in [2.45, 2.75) is 25.8 Å². The first-order valence-corrected chi connectivity index (χ1v) is 6.59. The third-order valence-electron chi connectivity index (χ3n) is 2.30. The van der Waals surface area contributed by atoms with Gasteiger partial charge in [-0.3, -0.25) is 0 Å². The average molecular weight is 335 g/mol. The highest BCUT2D eigenvalue weighted by Gasteiger charge is 2.19. The second-order valence-electron chi connectivity index (χ2n) is 3.92. The molecule has 0 aliphatic heterocycles. The van der Waals surface area contributed by atoms with Gasteiger partial charge < -0.3 is 9.73 Å². The van der Waals surface area contributed by atoms with Gasteiger partial charge in [-0.25, -0.2) is 0 Å². The average Bonchev–Trinajstić information content (AvgIpc) is 2.93. The van der Waals surface area contributed by atoms with Crippen LogP contribution in [0.2, 0.25) is 0 Å². The molecule has 0 atom stereocenters. The van der Waals surface area contributed by atoms with Crippen LogP contribution < -0.4 is 5.32 Å². The van der Waals surface area contributed by atoms with Crippen LogP contribution in [0.4, 0.5) is 0 Å². The maximum absolute atomic E-state index is 5.47. The fourth-order valence-corrected chi connectivity index (χ4v) is 1.93. The van der Waals surface area contributed by atoms with E-state index in [1.54, 1.807) is 0 Å². The van der Waals surface area contributed by atoms with Crippen LogP contribution in [-0.2, 0) is 0 Å². The van der Waals surface area contributed by atoms with E-state index in [1.165, 1.54) is 18.4 Å². The molecule has 0 saturated heterocycles. The number of halogens is 2. The second kappa shape index (κ2) is 4.85. The molecule has 0 unspecified atom stereocenters. The van der Waals surface area contributed by atoms with Crippen molar-refractivity contribution in [2.75, 3.05) is 6.54 Å². The molecule has 1 aromatic heterocycles. The smallest absolute Gasteiger partial charge is 0.184 e. The lowest BCUT2D eigenvalue weighted by Crippen LogP contribution is -2.18. The fourth-order valence-electron chi connectivity index (χ4n) is 1.32. The molecule has 1 aromatic rings.